The third-order valence-corrected chi connectivity index (χ3v) is 3.46. The fourth-order valence-corrected chi connectivity index (χ4v) is 2.19. The number of nitrogens with one attached hydrogen (secondary N) is 1. The molecule has 21 heavy (non-hydrogen) atoms. The average molecular weight is 288 g/mol. The summed E-state index contributed by atoms with van der Waals surface area (Å²) in [5.41, 5.74) is 0.490. The Balaban J connectivity index is 1.64. The highest BCUT2D eigenvalue weighted by molar-refractivity contribution is 5.92. The van der Waals surface area contributed by atoms with Crippen LogP contribution in [0, 0.1) is 0 Å². The minimum Gasteiger partial charge on any atom is -0.386 e. The lowest BCUT2D eigenvalue weighted by molar-refractivity contribution is 0.0260. The second-order valence-electron chi connectivity index (χ2n) is 5.15. The van der Waals surface area contributed by atoms with Crippen molar-refractivity contribution in [3.05, 3.63) is 42.2 Å². The van der Waals surface area contributed by atoms with Crippen LogP contribution < -0.4 is 5.32 Å². The summed E-state index contributed by atoms with van der Waals surface area (Å²) >= 11 is 0. The van der Waals surface area contributed by atoms with Crippen LogP contribution in [-0.4, -0.2) is 41.5 Å². The zero-order valence-electron chi connectivity index (χ0n) is 11.4. The molecule has 0 spiro atoms. The number of hydrogen-bond acceptors (Lipinski definition) is 5. The Morgan fingerprint density at radius 2 is 2.19 bits per heavy atom. The number of carbonyl (C=O) groups excluding carboxylic acids is 1. The van der Waals surface area contributed by atoms with Gasteiger partial charge < -0.3 is 19.7 Å². The van der Waals surface area contributed by atoms with Crippen molar-refractivity contribution in [2.75, 3.05) is 19.8 Å². The van der Waals surface area contributed by atoms with Gasteiger partial charge in [0.05, 0.1) is 6.61 Å². The van der Waals surface area contributed by atoms with Gasteiger partial charge in [-0.15, -0.1) is 0 Å². The Bertz CT molecular complexity index is 618. The highest BCUT2D eigenvalue weighted by Crippen LogP contribution is 2.19. The van der Waals surface area contributed by atoms with Crippen LogP contribution in [0.15, 0.2) is 40.9 Å². The molecule has 0 saturated carbocycles. The summed E-state index contributed by atoms with van der Waals surface area (Å²) in [5, 5.41) is 16.6. The lowest BCUT2D eigenvalue weighted by Crippen LogP contribution is -2.43. The Labute approximate surface area is 121 Å². The van der Waals surface area contributed by atoms with E-state index < -0.39 is 11.5 Å². The van der Waals surface area contributed by atoms with Gasteiger partial charge in [0.25, 0.3) is 5.91 Å². The van der Waals surface area contributed by atoms with Gasteiger partial charge >= 0.3 is 0 Å². The number of ether oxygens (including phenoxy) is 1. The molecule has 6 heteroatoms. The molecule has 6 nitrogen and oxygen atoms in total. The molecule has 1 fully saturated rings. The van der Waals surface area contributed by atoms with Crippen molar-refractivity contribution >= 4 is 5.91 Å². The number of benzene rings is 1. The molecule has 0 aliphatic carbocycles. The SMILES string of the molecule is O=C(NCC1(O)CCOC1)c1cc(-c2ccccc2)no1. The maximum atomic E-state index is 12.0. The number of hydrogen-bond donors (Lipinski definition) is 2. The Kier molecular flexibility index (Phi) is 3.72. The zero-order chi connectivity index (χ0) is 14.7. The van der Waals surface area contributed by atoms with Gasteiger partial charge in [-0.25, -0.2) is 0 Å². The molecular weight excluding hydrogens is 272 g/mol. The summed E-state index contributed by atoms with van der Waals surface area (Å²) in [5.74, 6) is -0.277. The number of carbonyl (C=O) groups is 1. The summed E-state index contributed by atoms with van der Waals surface area (Å²) in [7, 11) is 0. The zero-order valence-corrected chi connectivity index (χ0v) is 11.4. The molecule has 1 aliphatic rings. The van der Waals surface area contributed by atoms with Crippen LogP contribution in [0.2, 0.25) is 0 Å². The van der Waals surface area contributed by atoms with Gasteiger partial charge in [0.1, 0.15) is 11.3 Å². The number of aliphatic hydroxyl groups is 1. The van der Waals surface area contributed by atoms with Crippen molar-refractivity contribution < 1.29 is 19.2 Å². The first kappa shape index (κ1) is 13.8. The van der Waals surface area contributed by atoms with Gasteiger partial charge in [0.15, 0.2) is 0 Å². The molecule has 1 aromatic heterocycles. The molecule has 2 heterocycles. The number of amides is 1. The maximum Gasteiger partial charge on any atom is 0.290 e. The second kappa shape index (κ2) is 5.67. The normalized spacial score (nSPS) is 21.4. The summed E-state index contributed by atoms with van der Waals surface area (Å²) in [6.45, 7) is 0.874. The third kappa shape index (κ3) is 3.12. The second-order valence-corrected chi connectivity index (χ2v) is 5.15. The van der Waals surface area contributed by atoms with Crippen LogP contribution >= 0.6 is 0 Å². The van der Waals surface area contributed by atoms with Crippen LogP contribution in [0.5, 0.6) is 0 Å². The van der Waals surface area contributed by atoms with Crippen molar-refractivity contribution in [1.82, 2.24) is 10.5 Å². The molecule has 3 rings (SSSR count). The monoisotopic (exact) mass is 288 g/mol. The lowest BCUT2D eigenvalue weighted by atomic mass is 10.0. The summed E-state index contributed by atoms with van der Waals surface area (Å²) in [4.78, 5) is 12.0. The molecule has 1 aromatic carbocycles. The number of rotatable bonds is 4. The Morgan fingerprint density at radius 3 is 2.90 bits per heavy atom. The first-order valence-corrected chi connectivity index (χ1v) is 6.77. The fourth-order valence-electron chi connectivity index (χ4n) is 2.19. The summed E-state index contributed by atoms with van der Waals surface area (Å²) in [6.07, 6.45) is 0.513. The minimum atomic E-state index is -0.988. The molecule has 1 unspecified atom stereocenters. The van der Waals surface area contributed by atoms with Gasteiger partial charge in [-0.05, 0) is 0 Å². The molecule has 2 N–H and O–H groups in total. The van der Waals surface area contributed by atoms with E-state index in [0.29, 0.717) is 18.7 Å². The van der Waals surface area contributed by atoms with Crippen molar-refractivity contribution in [1.29, 1.82) is 0 Å². The van der Waals surface area contributed by atoms with Gasteiger partial charge in [0, 0.05) is 31.2 Å². The average Bonchev–Trinajstić information content (AvgIpc) is 3.16. The molecule has 1 aliphatic heterocycles. The van der Waals surface area contributed by atoms with Crippen molar-refractivity contribution in [3.63, 3.8) is 0 Å². The van der Waals surface area contributed by atoms with Crippen molar-refractivity contribution in [2.24, 2.45) is 0 Å². The van der Waals surface area contributed by atoms with Crippen molar-refractivity contribution in [2.45, 2.75) is 12.0 Å². The smallest absolute Gasteiger partial charge is 0.290 e. The van der Waals surface area contributed by atoms with Gasteiger partial charge in [-0.3, -0.25) is 4.79 Å². The first-order chi connectivity index (χ1) is 10.2. The largest absolute Gasteiger partial charge is 0.386 e. The predicted molar refractivity (Wildman–Crippen MR) is 74.7 cm³/mol. The topological polar surface area (TPSA) is 84.6 Å². The van der Waals surface area contributed by atoms with Crippen LogP contribution in [0.1, 0.15) is 17.0 Å². The number of aromatic nitrogens is 1. The van der Waals surface area contributed by atoms with E-state index in [-0.39, 0.29) is 18.9 Å². The van der Waals surface area contributed by atoms with E-state index in [9.17, 15) is 9.90 Å². The molecule has 0 radical (unpaired) electrons. The molecule has 1 saturated heterocycles. The maximum absolute atomic E-state index is 12.0. The molecule has 1 atom stereocenters. The number of nitrogens with zero attached hydrogens (tertiary/aromatic N) is 1. The molecule has 0 bridgehead atoms. The van der Waals surface area contributed by atoms with Gasteiger partial charge in [0.2, 0.25) is 5.76 Å². The first-order valence-electron chi connectivity index (χ1n) is 6.77. The quantitative estimate of drug-likeness (QED) is 0.883. The van der Waals surface area contributed by atoms with E-state index in [1.807, 2.05) is 30.3 Å². The molecule has 2 aromatic rings. The Morgan fingerprint density at radius 1 is 1.38 bits per heavy atom. The van der Waals surface area contributed by atoms with Crippen LogP contribution in [0.25, 0.3) is 11.3 Å². The highest BCUT2D eigenvalue weighted by Gasteiger charge is 2.32. The van der Waals surface area contributed by atoms with E-state index >= 15 is 0 Å². The van der Waals surface area contributed by atoms with E-state index in [1.54, 1.807) is 6.07 Å². The standard InChI is InChI=1S/C15H16N2O4/c18-14(16-9-15(19)6-7-20-10-15)13-8-12(17-21-13)11-4-2-1-3-5-11/h1-5,8,19H,6-7,9-10H2,(H,16,18). The summed E-state index contributed by atoms with van der Waals surface area (Å²) < 4.78 is 10.2. The van der Waals surface area contributed by atoms with Crippen molar-refractivity contribution in [3.8, 4) is 11.3 Å². The lowest BCUT2D eigenvalue weighted by Gasteiger charge is -2.19. The van der Waals surface area contributed by atoms with E-state index in [1.165, 1.54) is 0 Å². The third-order valence-electron chi connectivity index (χ3n) is 3.46. The molecule has 1 amide bonds. The van der Waals surface area contributed by atoms with E-state index in [2.05, 4.69) is 10.5 Å². The minimum absolute atomic E-state index is 0.122. The Hall–Kier alpha value is -2.18. The highest BCUT2D eigenvalue weighted by atomic mass is 16.5. The van der Waals surface area contributed by atoms with Crippen LogP contribution in [0.4, 0.5) is 0 Å². The van der Waals surface area contributed by atoms with Gasteiger partial charge in [-0.2, -0.15) is 0 Å². The molecular formula is C15H16N2O4. The fraction of sp³-hybridized carbons (Fsp3) is 0.333. The van der Waals surface area contributed by atoms with Crippen LogP contribution in [0.3, 0.4) is 0 Å². The van der Waals surface area contributed by atoms with Gasteiger partial charge in [-0.1, -0.05) is 35.5 Å². The van der Waals surface area contributed by atoms with E-state index in [4.69, 9.17) is 9.26 Å². The van der Waals surface area contributed by atoms with E-state index in [0.717, 1.165) is 5.56 Å². The molecule has 110 valence electrons. The summed E-state index contributed by atoms with van der Waals surface area (Å²) in [6, 6.07) is 11.0. The predicted octanol–water partition coefficient (Wildman–Crippen LogP) is 1.22. The van der Waals surface area contributed by atoms with Crippen LogP contribution in [-0.2, 0) is 4.74 Å².